The van der Waals surface area contributed by atoms with Crippen molar-refractivity contribution in [2.24, 2.45) is 0 Å². The minimum Gasteiger partial charge on any atom is -0.481 e. The first-order valence-electron chi connectivity index (χ1n) is 4.81. The molecule has 0 fully saturated rings. The summed E-state index contributed by atoms with van der Waals surface area (Å²) in [6.07, 6.45) is 2.31. The maximum Gasteiger partial charge on any atom is 0.304 e. The molecular formula is C11H14O2S3. The third-order valence-electron chi connectivity index (χ3n) is 1.79. The number of hydrogen-bond donors (Lipinski definition) is 1. The molecule has 1 aromatic rings. The number of rotatable bonds is 7. The average molecular weight is 274 g/mol. The molecule has 2 nitrogen and oxygen atoms in total. The Labute approximate surface area is 108 Å². The maximum absolute atomic E-state index is 10.3. The highest BCUT2D eigenvalue weighted by Crippen LogP contribution is 2.31. The second kappa shape index (κ2) is 7.92. The molecule has 0 radical (unpaired) electrons. The summed E-state index contributed by atoms with van der Waals surface area (Å²) in [4.78, 5) is 11.5. The number of hydrogen-bond acceptors (Lipinski definition) is 4. The first kappa shape index (κ1) is 13.8. The number of carboxylic acids is 1. The molecule has 0 bridgehead atoms. The smallest absolute Gasteiger partial charge is 0.304 e. The SMILES string of the molecule is CSCc1ccc(SSCCC(=O)O)cc1. The van der Waals surface area contributed by atoms with E-state index in [2.05, 4.69) is 30.5 Å². The van der Waals surface area contributed by atoms with Gasteiger partial charge in [-0.15, -0.1) is 0 Å². The molecule has 0 aliphatic rings. The van der Waals surface area contributed by atoms with Crippen molar-refractivity contribution in [3.8, 4) is 0 Å². The average Bonchev–Trinajstić information content (AvgIpc) is 2.27. The second-order valence-electron chi connectivity index (χ2n) is 3.13. The largest absolute Gasteiger partial charge is 0.481 e. The Morgan fingerprint density at radius 3 is 2.56 bits per heavy atom. The lowest BCUT2D eigenvalue weighted by atomic mass is 10.2. The van der Waals surface area contributed by atoms with Crippen LogP contribution in [0.25, 0.3) is 0 Å². The topological polar surface area (TPSA) is 37.3 Å². The van der Waals surface area contributed by atoms with Crippen molar-refractivity contribution in [2.45, 2.75) is 17.1 Å². The van der Waals surface area contributed by atoms with Gasteiger partial charge in [-0.1, -0.05) is 33.7 Å². The summed E-state index contributed by atoms with van der Waals surface area (Å²) in [5.74, 6) is 0.951. The van der Waals surface area contributed by atoms with Crippen molar-refractivity contribution >= 4 is 39.3 Å². The van der Waals surface area contributed by atoms with E-state index in [4.69, 9.17) is 5.11 Å². The predicted octanol–water partition coefficient (Wildman–Crippen LogP) is 3.76. The van der Waals surface area contributed by atoms with Crippen LogP contribution in [0.1, 0.15) is 12.0 Å². The van der Waals surface area contributed by atoms with Gasteiger partial charge in [0.2, 0.25) is 0 Å². The fourth-order valence-electron chi connectivity index (χ4n) is 1.05. The van der Waals surface area contributed by atoms with Gasteiger partial charge in [0.25, 0.3) is 0 Å². The Bertz CT molecular complexity index is 325. The monoisotopic (exact) mass is 274 g/mol. The van der Waals surface area contributed by atoms with Crippen molar-refractivity contribution in [2.75, 3.05) is 12.0 Å². The van der Waals surface area contributed by atoms with Crippen LogP contribution in [0.2, 0.25) is 0 Å². The molecule has 88 valence electrons. The Balaban J connectivity index is 2.29. The highest BCUT2D eigenvalue weighted by Gasteiger charge is 1.99. The molecule has 0 heterocycles. The highest BCUT2D eigenvalue weighted by molar-refractivity contribution is 8.76. The molecule has 0 atom stereocenters. The number of benzene rings is 1. The Morgan fingerprint density at radius 1 is 1.31 bits per heavy atom. The fourth-order valence-corrected chi connectivity index (χ4v) is 3.54. The summed E-state index contributed by atoms with van der Waals surface area (Å²) >= 11 is 1.81. The van der Waals surface area contributed by atoms with Gasteiger partial charge in [-0.3, -0.25) is 4.79 Å². The van der Waals surface area contributed by atoms with E-state index >= 15 is 0 Å². The van der Waals surface area contributed by atoms with Crippen LogP contribution in [-0.4, -0.2) is 23.1 Å². The van der Waals surface area contributed by atoms with Crippen molar-refractivity contribution in [3.63, 3.8) is 0 Å². The summed E-state index contributed by atoms with van der Waals surface area (Å²) < 4.78 is 0. The minimum atomic E-state index is -0.733. The molecule has 1 aromatic carbocycles. The molecule has 0 spiro atoms. The minimum absolute atomic E-state index is 0.224. The summed E-state index contributed by atoms with van der Waals surface area (Å²) in [6, 6.07) is 8.42. The molecule has 0 saturated heterocycles. The van der Waals surface area contributed by atoms with Crippen LogP contribution in [-0.2, 0) is 10.5 Å². The third-order valence-corrected chi connectivity index (χ3v) is 4.79. The van der Waals surface area contributed by atoms with Gasteiger partial charge >= 0.3 is 5.97 Å². The molecule has 0 aromatic heterocycles. The maximum atomic E-state index is 10.3. The normalized spacial score (nSPS) is 10.3. The zero-order valence-electron chi connectivity index (χ0n) is 9.01. The van der Waals surface area contributed by atoms with E-state index in [-0.39, 0.29) is 6.42 Å². The van der Waals surface area contributed by atoms with Gasteiger partial charge < -0.3 is 5.11 Å². The number of aliphatic carboxylic acids is 1. The highest BCUT2D eigenvalue weighted by atomic mass is 33.1. The summed E-state index contributed by atoms with van der Waals surface area (Å²) in [7, 11) is 3.22. The van der Waals surface area contributed by atoms with Gasteiger partial charge in [0.15, 0.2) is 0 Å². The number of carbonyl (C=O) groups is 1. The lowest BCUT2D eigenvalue weighted by Crippen LogP contribution is -1.94. The zero-order valence-corrected chi connectivity index (χ0v) is 11.5. The van der Waals surface area contributed by atoms with Gasteiger partial charge in [-0.25, -0.2) is 0 Å². The van der Waals surface area contributed by atoms with Crippen LogP contribution in [0.5, 0.6) is 0 Å². The summed E-state index contributed by atoms with van der Waals surface area (Å²) in [5.41, 5.74) is 1.33. The van der Waals surface area contributed by atoms with Gasteiger partial charge in [-0.2, -0.15) is 11.8 Å². The molecular weight excluding hydrogens is 260 g/mol. The third kappa shape index (κ3) is 5.72. The van der Waals surface area contributed by atoms with E-state index in [0.717, 1.165) is 5.75 Å². The van der Waals surface area contributed by atoms with Crippen molar-refractivity contribution < 1.29 is 9.90 Å². The van der Waals surface area contributed by atoms with Crippen LogP contribution >= 0.6 is 33.3 Å². The number of thioether (sulfide) groups is 1. The Morgan fingerprint density at radius 2 is 2.00 bits per heavy atom. The fraction of sp³-hybridized carbons (Fsp3) is 0.364. The van der Waals surface area contributed by atoms with Crippen LogP contribution in [0.15, 0.2) is 29.2 Å². The lowest BCUT2D eigenvalue weighted by molar-refractivity contribution is -0.136. The Kier molecular flexibility index (Phi) is 6.84. The van der Waals surface area contributed by atoms with Crippen LogP contribution < -0.4 is 0 Å². The molecule has 5 heteroatoms. The van der Waals surface area contributed by atoms with E-state index in [1.54, 1.807) is 21.6 Å². The van der Waals surface area contributed by atoms with Gasteiger partial charge in [0.1, 0.15) is 0 Å². The van der Waals surface area contributed by atoms with E-state index in [9.17, 15) is 4.79 Å². The summed E-state index contributed by atoms with van der Waals surface area (Å²) in [5, 5.41) is 8.48. The molecule has 1 rings (SSSR count). The Hall–Kier alpha value is -0.260. The van der Waals surface area contributed by atoms with Crippen molar-refractivity contribution in [1.82, 2.24) is 0 Å². The van der Waals surface area contributed by atoms with Gasteiger partial charge in [0, 0.05) is 16.4 Å². The molecule has 16 heavy (non-hydrogen) atoms. The zero-order chi connectivity index (χ0) is 11.8. The lowest BCUT2D eigenvalue weighted by Gasteiger charge is -2.02. The van der Waals surface area contributed by atoms with E-state index < -0.39 is 5.97 Å². The van der Waals surface area contributed by atoms with Crippen LogP contribution in [0, 0.1) is 0 Å². The first-order valence-corrected chi connectivity index (χ1v) is 8.53. The first-order chi connectivity index (χ1) is 7.72. The van der Waals surface area contributed by atoms with Gasteiger partial charge in [-0.05, 0) is 24.0 Å². The molecule has 0 aliphatic carbocycles. The molecule has 0 aliphatic heterocycles. The van der Waals surface area contributed by atoms with Crippen molar-refractivity contribution in [1.29, 1.82) is 0 Å². The van der Waals surface area contributed by atoms with E-state index in [1.165, 1.54) is 10.5 Å². The van der Waals surface area contributed by atoms with Crippen molar-refractivity contribution in [3.05, 3.63) is 29.8 Å². The second-order valence-corrected chi connectivity index (χ2v) is 6.48. The molecule has 0 amide bonds. The van der Waals surface area contributed by atoms with E-state index in [1.807, 2.05) is 11.8 Å². The molecule has 1 N–H and O–H groups in total. The summed E-state index contributed by atoms with van der Waals surface area (Å²) in [6.45, 7) is 0. The molecule has 0 saturated carbocycles. The predicted molar refractivity (Wildman–Crippen MR) is 74.2 cm³/mol. The van der Waals surface area contributed by atoms with Crippen LogP contribution in [0.3, 0.4) is 0 Å². The quantitative estimate of drug-likeness (QED) is 0.605. The van der Waals surface area contributed by atoms with E-state index in [0.29, 0.717) is 5.75 Å². The van der Waals surface area contributed by atoms with Gasteiger partial charge in [0.05, 0.1) is 6.42 Å². The number of carboxylic acid groups (broad SMARTS) is 1. The standard InChI is InChI=1S/C11H14O2S3/c1-14-8-9-2-4-10(5-3-9)16-15-7-6-11(12)13/h2-5H,6-8H2,1H3,(H,12,13). The molecule has 0 unspecified atom stereocenters. The van der Waals surface area contributed by atoms with Crippen LogP contribution in [0.4, 0.5) is 0 Å².